The lowest BCUT2D eigenvalue weighted by molar-refractivity contribution is 0.0962. The van der Waals surface area contributed by atoms with Crippen molar-refractivity contribution in [3.8, 4) is 5.75 Å². The average molecular weight is 262 g/mol. The molecule has 1 aromatic carbocycles. The predicted octanol–water partition coefficient (Wildman–Crippen LogP) is 1.82. The fourth-order valence-corrected chi connectivity index (χ4v) is 1.50. The highest BCUT2D eigenvalue weighted by Gasteiger charge is 2.21. The van der Waals surface area contributed by atoms with Gasteiger partial charge in [0.1, 0.15) is 0 Å². The summed E-state index contributed by atoms with van der Waals surface area (Å²) >= 11 is 3.02. The van der Waals surface area contributed by atoms with E-state index in [4.69, 9.17) is 10.8 Å². The van der Waals surface area contributed by atoms with E-state index in [1.807, 2.05) is 0 Å². The van der Waals surface area contributed by atoms with Crippen molar-refractivity contribution in [3.63, 3.8) is 0 Å². The summed E-state index contributed by atoms with van der Waals surface area (Å²) in [5.41, 5.74) is 5.13. The summed E-state index contributed by atoms with van der Waals surface area (Å²) in [6.45, 7) is 1.46. The molecule has 1 aromatic rings. The lowest BCUT2D eigenvalue weighted by atomic mass is 10.1. The molecule has 0 amide bonds. The number of aromatic hydroxyl groups is 1. The number of phenolic OH excluding ortho intramolecular Hbond substituents is 1. The molecule has 0 saturated heterocycles. The van der Waals surface area contributed by atoms with Gasteiger partial charge in [0.2, 0.25) is 0 Å². The van der Waals surface area contributed by atoms with E-state index in [2.05, 4.69) is 15.9 Å². The minimum atomic E-state index is -0.943. The lowest BCUT2D eigenvalue weighted by Gasteiger charge is -2.08. The second-order valence-corrected chi connectivity index (χ2v) is 3.76. The molecule has 76 valence electrons. The molecule has 0 aliphatic carbocycles. The van der Waals surface area contributed by atoms with Crippen molar-refractivity contribution in [2.45, 2.75) is 13.0 Å². The van der Waals surface area contributed by atoms with Crippen LogP contribution in [0.2, 0.25) is 0 Å². The first-order valence-corrected chi connectivity index (χ1v) is 4.71. The second kappa shape index (κ2) is 4.06. The summed E-state index contributed by atoms with van der Waals surface area (Å²) in [7, 11) is 0. The van der Waals surface area contributed by atoms with Crippen LogP contribution in [0.4, 0.5) is 4.39 Å². The summed E-state index contributed by atoms with van der Waals surface area (Å²) in [6, 6.07) is 1.76. The number of nitrogens with two attached hydrogens (primary N) is 1. The Morgan fingerprint density at radius 1 is 1.64 bits per heavy atom. The van der Waals surface area contributed by atoms with Crippen molar-refractivity contribution in [1.29, 1.82) is 0 Å². The van der Waals surface area contributed by atoms with Crippen molar-refractivity contribution >= 4 is 21.7 Å². The van der Waals surface area contributed by atoms with Crippen LogP contribution in [-0.4, -0.2) is 16.9 Å². The largest absolute Gasteiger partial charge is 0.505 e. The van der Waals surface area contributed by atoms with E-state index in [1.165, 1.54) is 13.0 Å². The van der Waals surface area contributed by atoms with Gasteiger partial charge in [-0.25, -0.2) is 4.39 Å². The Morgan fingerprint density at radius 3 is 2.71 bits per heavy atom. The Bertz CT molecular complexity index is 379. The Labute approximate surface area is 88.9 Å². The summed E-state index contributed by atoms with van der Waals surface area (Å²) in [5, 5.41) is 9.07. The molecule has 0 saturated carbocycles. The summed E-state index contributed by atoms with van der Waals surface area (Å²) in [5.74, 6) is -2.05. The summed E-state index contributed by atoms with van der Waals surface area (Å²) in [6.07, 6.45) is 0. The number of phenols is 1. The maximum Gasteiger partial charge on any atom is 0.183 e. The molecular weight excluding hydrogens is 253 g/mol. The average Bonchev–Trinajstić information content (AvgIpc) is 2.12. The van der Waals surface area contributed by atoms with Gasteiger partial charge in [0.05, 0.1) is 11.6 Å². The molecule has 3 nitrogen and oxygen atoms in total. The predicted molar refractivity (Wildman–Crippen MR) is 53.7 cm³/mol. The highest BCUT2D eigenvalue weighted by Crippen LogP contribution is 2.27. The van der Waals surface area contributed by atoms with E-state index in [-0.39, 0.29) is 10.0 Å². The molecule has 0 heterocycles. The van der Waals surface area contributed by atoms with Crippen LogP contribution >= 0.6 is 15.9 Å². The standard InChI is InChI=1S/C9H9BrFNO2/c1-4(12)9(14)7-5(10)2-3-6(13)8(7)11/h2-4,13H,12H2,1H3. The van der Waals surface area contributed by atoms with Crippen molar-refractivity contribution in [1.82, 2.24) is 0 Å². The number of carbonyl (C=O) groups excluding carboxylic acids is 1. The van der Waals surface area contributed by atoms with Crippen molar-refractivity contribution in [3.05, 3.63) is 28.0 Å². The molecule has 0 fully saturated rings. The highest BCUT2D eigenvalue weighted by molar-refractivity contribution is 9.10. The molecule has 0 aliphatic heterocycles. The van der Waals surface area contributed by atoms with Gasteiger partial charge in [-0.05, 0) is 35.0 Å². The minimum Gasteiger partial charge on any atom is -0.505 e. The van der Waals surface area contributed by atoms with Crippen LogP contribution < -0.4 is 5.73 Å². The van der Waals surface area contributed by atoms with Crippen molar-refractivity contribution in [2.24, 2.45) is 5.73 Å². The quantitative estimate of drug-likeness (QED) is 0.799. The topological polar surface area (TPSA) is 63.3 Å². The third-order valence-electron chi connectivity index (χ3n) is 1.73. The zero-order valence-corrected chi connectivity index (χ0v) is 9.01. The second-order valence-electron chi connectivity index (χ2n) is 2.91. The summed E-state index contributed by atoms with van der Waals surface area (Å²) < 4.78 is 13.6. The van der Waals surface area contributed by atoms with Gasteiger partial charge in [-0.15, -0.1) is 0 Å². The normalized spacial score (nSPS) is 12.6. The number of rotatable bonds is 2. The summed E-state index contributed by atoms with van der Waals surface area (Å²) in [4.78, 5) is 11.4. The van der Waals surface area contributed by atoms with Gasteiger partial charge in [0.15, 0.2) is 17.3 Å². The number of carbonyl (C=O) groups is 1. The van der Waals surface area contributed by atoms with Crippen LogP contribution in [0.15, 0.2) is 16.6 Å². The van der Waals surface area contributed by atoms with Gasteiger partial charge >= 0.3 is 0 Å². The van der Waals surface area contributed by atoms with Gasteiger partial charge in [0, 0.05) is 4.47 Å². The van der Waals surface area contributed by atoms with E-state index in [0.29, 0.717) is 0 Å². The molecule has 0 aliphatic rings. The van der Waals surface area contributed by atoms with Gasteiger partial charge < -0.3 is 10.8 Å². The third kappa shape index (κ3) is 1.93. The monoisotopic (exact) mass is 261 g/mol. The van der Waals surface area contributed by atoms with E-state index < -0.39 is 23.4 Å². The Balaban J connectivity index is 3.33. The zero-order valence-electron chi connectivity index (χ0n) is 7.42. The number of ketones is 1. The molecule has 1 unspecified atom stereocenters. The number of hydrogen-bond acceptors (Lipinski definition) is 3. The minimum absolute atomic E-state index is 0.208. The van der Waals surface area contributed by atoms with E-state index >= 15 is 0 Å². The SMILES string of the molecule is CC(N)C(=O)c1c(Br)ccc(O)c1F. The molecule has 5 heteroatoms. The molecule has 14 heavy (non-hydrogen) atoms. The number of benzene rings is 1. The van der Waals surface area contributed by atoms with E-state index in [0.717, 1.165) is 6.07 Å². The maximum absolute atomic E-state index is 13.3. The zero-order chi connectivity index (χ0) is 10.9. The van der Waals surface area contributed by atoms with Crippen LogP contribution in [0.5, 0.6) is 5.75 Å². The molecule has 0 spiro atoms. The number of Topliss-reactive ketones (excluding diaryl/α,β-unsaturated/α-hetero) is 1. The molecule has 0 bridgehead atoms. The number of hydrogen-bond donors (Lipinski definition) is 2. The molecule has 0 radical (unpaired) electrons. The molecule has 0 aromatic heterocycles. The molecular formula is C9H9BrFNO2. The fraction of sp³-hybridized carbons (Fsp3) is 0.222. The van der Waals surface area contributed by atoms with Gasteiger partial charge in [0.25, 0.3) is 0 Å². The van der Waals surface area contributed by atoms with Crippen molar-refractivity contribution in [2.75, 3.05) is 0 Å². The Kier molecular flexibility index (Phi) is 3.23. The Morgan fingerprint density at radius 2 is 2.21 bits per heavy atom. The van der Waals surface area contributed by atoms with Crippen LogP contribution in [0.1, 0.15) is 17.3 Å². The number of halogens is 2. The van der Waals surface area contributed by atoms with Crippen LogP contribution in [0.3, 0.4) is 0 Å². The van der Waals surface area contributed by atoms with Crippen LogP contribution in [0, 0.1) is 5.82 Å². The van der Waals surface area contributed by atoms with Crippen LogP contribution in [0.25, 0.3) is 0 Å². The van der Waals surface area contributed by atoms with E-state index in [1.54, 1.807) is 0 Å². The van der Waals surface area contributed by atoms with Crippen LogP contribution in [-0.2, 0) is 0 Å². The first-order valence-electron chi connectivity index (χ1n) is 3.92. The van der Waals surface area contributed by atoms with Gasteiger partial charge in [-0.3, -0.25) is 4.79 Å². The lowest BCUT2D eigenvalue weighted by Crippen LogP contribution is -2.27. The first kappa shape index (κ1) is 11.1. The first-order chi connectivity index (χ1) is 6.45. The highest BCUT2D eigenvalue weighted by atomic mass is 79.9. The fourth-order valence-electron chi connectivity index (χ4n) is 0.995. The van der Waals surface area contributed by atoms with Gasteiger partial charge in [-0.1, -0.05) is 0 Å². The van der Waals surface area contributed by atoms with Gasteiger partial charge in [-0.2, -0.15) is 0 Å². The van der Waals surface area contributed by atoms with E-state index in [9.17, 15) is 9.18 Å². The Hall–Kier alpha value is -0.940. The third-order valence-corrected chi connectivity index (χ3v) is 2.39. The maximum atomic E-state index is 13.3. The smallest absolute Gasteiger partial charge is 0.183 e. The molecule has 3 N–H and O–H groups in total. The van der Waals surface area contributed by atoms with Crippen molar-refractivity contribution < 1.29 is 14.3 Å². The molecule has 1 atom stereocenters. The molecule has 1 rings (SSSR count).